The highest BCUT2D eigenvalue weighted by molar-refractivity contribution is 5.73. The van der Waals surface area contributed by atoms with Crippen molar-refractivity contribution in [1.29, 1.82) is 0 Å². The maximum Gasteiger partial charge on any atom is 0.335 e. The van der Waals surface area contributed by atoms with Gasteiger partial charge < -0.3 is 19.7 Å². The van der Waals surface area contributed by atoms with E-state index in [-0.39, 0.29) is 6.61 Å². The van der Waals surface area contributed by atoms with E-state index in [2.05, 4.69) is 0 Å². The lowest BCUT2D eigenvalue weighted by molar-refractivity contribution is -0.166. The van der Waals surface area contributed by atoms with E-state index in [0.29, 0.717) is 0 Å². The van der Waals surface area contributed by atoms with Crippen molar-refractivity contribution in [3.63, 3.8) is 0 Å². The van der Waals surface area contributed by atoms with Crippen LogP contribution < -0.4 is 0 Å². The fourth-order valence-electron chi connectivity index (χ4n) is 1.18. The van der Waals surface area contributed by atoms with E-state index in [9.17, 15) is 4.79 Å². The molecule has 5 nitrogen and oxygen atoms in total. The molecule has 0 aromatic rings. The van der Waals surface area contributed by atoms with Gasteiger partial charge in [-0.05, 0) is 13.8 Å². The number of ether oxygens (including phenoxy) is 2. The van der Waals surface area contributed by atoms with Crippen LogP contribution in [0.15, 0.2) is 0 Å². The number of hydrogen-bond donors (Lipinski definition) is 2. The molecule has 0 aromatic heterocycles. The van der Waals surface area contributed by atoms with E-state index in [1.807, 2.05) is 0 Å². The molecule has 0 unspecified atom stereocenters. The third-order valence-electron chi connectivity index (χ3n) is 1.61. The lowest BCUT2D eigenvalue weighted by Crippen LogP contribution is -2.33. The summed E-state index contributed by atoms with van der Waals surface area (Å²) in [7, 11) is 0. The first-order valence-corrected chi connectivity index (χ1v) is 3.65. The zero-order valence-corrected chi connectivity index (χ0v) is 6.98. The minimum atomic E-state index is -1.11. The standard InChI is InChI=1S/C7H12O5/c1-7(2)11-4(3-8)5(12-7)6(9)10/h4-5,8H,3H2,1-2H3,(H,9,10)/t4-,5-/m1/s1. The van der Waals surface area contributed by atoms with E-state index < -0.39 is 24.0 Å². The number of carboxylic acid groups (broad SMARTS) is 1. The molecule has 12 heavy (non-hydrogen) atoms. The summed E-state index contributed by atoms with van der Waals surface area (Å²) in [6.45, 7) is 2.87. The first-order valence-electron chi connectivity index (χ1n) is 3.65. The Morgan fingerprint density at radius 2 is 2.08 bits per heavy atom. The van der Waals surface area contributed by atoms with Gasteiger partial charge >= 0.3 is 5.97 Å². The predicted molar refractivity (Wildman–Crippen MR) is 38.5 cm³/mol. The summed E-state index contributed by atoms with van der Waals surface area (Å²) in [4.78, 5) is 10.5. The molecule has 1 saturated heterocycles. The molecule has 1 rings (SSSR count). The molecule has 5 heteroatoms. The van der Waals surface area contributed by atoms with Crippen LogP contribution in [-0.2, 0) is 14.3 Å². The van der Waals surface area contributed by atoms with Gasteiger partial charge in [-0.25, -0.2) is 4.79 Å². The summed E-state index contributed by atoms with van der Waals surface area (Å²) >= 11 is 0. The molecule has 0 amide bonds. The van der Waals surface area contributed by atoms with E-state index in [4.69, 9.17) is 19.7 Å². The Hall–Kier alpha value is -0.650. The van der Waals surface area contributed by atoms with Gasteiger partial charge in [0.25, 0.3) is 0 Å². The second-order valence-corrected chi connectivity index (χ2v) is 3.12. The van der Waals surface area contributed by atoms with Gasteiger partial charge in [-0.2, -0.15) is 0 Å². The Balaban J connectivity index is 2.69. The Morgan fingerprint density at radius 1 is 1.50 bits per heavy atom. The molecule has 0 aromatic carbocycles. The molecule has 0 spiro atoms. The Bertz CT molecular complexity index is 188. The molecule has 1 aliphatic rings. The lowest BCUT2D eigenvalue weighted by atomic mass is 10.2. The lowest BCUT2D eigenvalue weighted by Gasteiger charge is -2.15. The minimum Gasteiger partial charge on any atom is -0.479 e. The Labute approximate surface area is 69.9 Å². The molecule has 0 saturated carbocycles. The van der Waals surface area contributed by atoms with Crippen molar-refractivity contribution in [2.75, 3.05) is 6.61 Å². The second-order valence-electron chi connectivity index (χ2n) is 3.12. The maximum absolute atomic E-state index is 10.5. The van der Waals surface area contributed by atoms with E-state index >= 15 is 0 Å². The third kappa shape index (κ3) is 1.74. The highest BCUT2D eigenvalue weighted by Gasteiger charge is 2.44. The van der Waals surface area contributed by atoms with Crippen molar-refractivity contribution in [3.8, 4) is 0 Å². The zero-order chi connectivity index (χ0) is 9.35. The average Bonchev–Trinajstić information content (AvgIpc) is 2.25. The first kappa shape index (κ1) is 9.44. The van der Waals surface area contributed by atoms with Crippen LogP contribution in [0.2, 0.25) is 0 Å². The van der Waals surface area contributed by atoms with Gasteiger partial charge in [-0.3, -0.25) is 0 Å². The van der Waals surface area contributed by atoms with Crippen LogP contribution in [-0.4, -0.2) is 40.8 Å². The normalized spacial score (nSPS) is 33.6. The third-order valence-corrected chi connectivity index (χ3v) is 1.61. The highest BCUT2D eigenvalue weighted by Crippen LogP contribution is 2.27. The Morgan fingerprint density at radius 3 is 2.42 bits per heavy atom. The summed E-state index contributed by atoms with van der Waals surface area (Å²) in [5.74, 6) is -2.03. The van der Waals surface area contributed by atoms with Gasteiger partial charge in [0.1, 0.15) is 6.10 Å². The van der Waals surface area contributed by atoms with Gasteiger partial charge in [0.2, 0.25) is 0 Å². The fraction of sp³-hybridized carbons (Fsp3) is 0.857. The summed E-state index contributed by atoms with van der Waals surface area (Å²) in [6, 6.07) is 0. The smallest absolute Gasteiger partial charge is 0.335 e. The van der Waals surface area contributed by atoms with Crippen LogP contribution in [0.1, 0.15) is 13.8 Å². The number of carboxylic acids is 1. The number of aliphatic hydroxyl groups is 1. The number of aliphatic carboxylic acids is 1. The van der Waals surface area contributed by atoms with Gasteiger partial charge in [-0.15, -0.1) is 0 Å². The van der Waals surface area contributed by atoms with Gasteiger partial charge in [0.05, 0.1) is 6.61 Å². The molecule has 1 aliphatic heterocycles. The SMILES string of the molecule is CC1(C)O[C@H](CO)[C@H](C(=O)O)O1. The summed E-state index contributed by atoms with van der Waals surface area (Å²) in [5.41, 5.74) is 0. The van der Waals surface area contributed by atoms with Crippen molar-refractivity contribution < 1.29 is 24.5 Å². The summed E-state index contributed by atoms with van der Waals surface area (Å²) in [5, 5.41) is 17.4. The molecule has 1 fully saturated rings. The number of rotatable bonds is 2. The molecule has 2 atom stereocenters. The first-order chi connectivity index (χ1) is 5.46. The van der Waals surface area contributed by atoms with Gasteiger partial charge in [0, 0.05) is 0 Å². The van der Waals surface area contributed by atoms with Crippen LogP contribution in [0.25, 0.3) is 0 Å². The van der Waals surface area contributed by atoms with Gasteiger partial charge in [0.15, 0.2) is 11.9 Å². The molecule has 2 N–H and O–H groups in total. The van der Waals surface area contributed by atoms with Crippen molar-refractivity contribution in [2.24, 2.45) is 0 Å². The van der Waals surface area contributed by atoms with E-state index in [1.165, 1.54) is 0 Å². The molecule has 0 bridgehead atoms. The molecular formula is C7H12O5. The van der Waals surface area contributed by atoms with Crippen LogP contribution in [0.5, 0.6) is 0 Å². The molecular weight excluding hydrogens is 164 g/mol. The molecule has 0 aliphatic carbocycles. The van der Waals surface area contributed by atoms with E-state index in [1.54, 1.807) is 13.8 Å². The average molecular weight is 176 g/mol. The number of aliphatic hydroxyl groups excluding tert-OH is 1. The monoisotopic (exact) mass is 176 g/mol. The predicted octanol–water partition coefficient (Wildman–Crippen LogP) is -0.417. The van der Waals surface area contributed by atoms with Crippen molar-refractivity contribution >= 4 is 5.97 Å². The van der Waals surface area contributed by atoms with Crippen molar-refractivity contribution in [1.82, 2.24) is 0 Å². The fourth-order valence-corrected chi connectivity index (χ4v) is 1.18. The largest absolute Gasteiger partial charge is 0.479 e. The molecule has 0 radical (unpaired) electrons. The topological polar surface area (TPSA) is 76.0 Å². The highest BCUT2D eigenvalue weighted by atomic mass is 16.8. The zero-order valence-electron chi connectivity index (χ0n) is 6.98. The summed E-state index contributed by atoms with van der Waals surface area (Å²) < 4.78 is 10.2. The molecule has 70 valence electrons. The van der Waals surface area contributed by atoms with Crippen molar-refractivity contribution in [3.05, 3.63) is 0 Å². The van der Waals surface area contributed by atoms with Crippen LogP contribution in [0.4, 0.5) is 0 Å². The number of hydrogen-bond acceptors (Lipinski definition) is 4. The molecule has 1 heterocycles. The Kier molecular flexibility index (Phi) is 2.36. The van der Waals surface area contributed by atoms with E-state index in [0.717, 1.165) is 0 Å². The van der Waals surface area contributed by atoms with Crippen LogP contribution >= 0.6 is 0 Å². The van der Waals surface area contributed by atoms with Crippen LogP contribution in [0.3, 0.4) is 0 Å². The van der Waals surface area contributed by atoms with Crippen molar-refractivity contribution in [2.45, 2.75) is 31.8 Å². The van der Waals surface area contributed by atoms with Crippen LogP contribution in [0, 0.1) is 0 Å². The number of carbonyl (C=O) groups is 1. The quantitative estimate of drug-likeness (QED) is 0.597. The minimum absolute atomic E-state index is 0.347. The maximum atomic E-state index is 10.5. The second kappa shape index (κ2) is 3.01. The summed E-state index contributed by atoms with van der Waals surface area (Å²) in [6.07, 6.45) is -1.83. The van der Waals surface area contributed by atoms with Gasteiger partial charge in [-0.1, -0.05) is 0 Å².